The molecular formula is C16H23ClN2O2. The van der Waals surface area contributed by atoms with Gasteiger partial charge in [0.1, 0.15) is 0 Å². The summed E-state index contributed by atoms with van der Waals surface area (Å²) in [7, 11) is 0. The van der Waals surface area contributed by atoms with Crippen molar-refractivity contribution >= 4 is 24.1 Å². The number of hydrogen-bond donors (Lipinski definition) is 1. The monoisotopic (exact) mass is 310 g/mol. The van der Waals surface area contributed by atoms with Crippen LogP contribution in [0.25, 0.3) is 0 Å². The number of Topliss-reactive ketones (excluding diaryl/α,β-unsaturated/α-hetero) is 1. The zero-order valence-corrected chi connectivity index (χ0v) is 13.4. The molecule has 1 aliphatic heterocycles. The minimum atomic E-state index is 0. The fourth-order valence-electron chi connectivity index (χ4n) is 2.76. The van der Waals surface area contributed by atoms with E-state index in [1.807, 2.05) is 11.8 Å². The Morgan fingerprint density at radius 1 is 1.24 bits per heavy atom. The number of amides is 1. The molecule has 1 aromatic carbocycles. The third-order valence-electron chi connectivity index (χ3n) is 4.03. The van der Waals surface area contributed by atoms with Crippen LogP contribution >= 0.6 is 12.4 Å². The first-order valence-corrected chi connectivity index (χ1v) is 7.21. The molecule has 0 radical (unpaired) electrons. The van der Waals surface area contributed by atoms with Gasteiger partial charge in [-0.05, 0) is 37.9 Å². The summed E-state index contributed by atoms with van der Waals surface area (Å²) in [6.07, 6.45) is 1.45. The van der Waals surface area contributed by atoms with Gasteiger partial charge in [0.05, 0.1) is 0 Å². The standard InChI is InChI=1S/C16H22N2O2.ClH/c1-3-15(19)13-4-6-14(7-5-13)16(20)18-10-12(9-17)8-11(18)2;/h4-7,11-12H,3,8-10,17H2,1-2H3;1H. The predicted molar refractivity (Wildman–Crippen MR) is 86.0 cm³/mol. The molecule has 1 amide bonds. The number of rotatable bonds is 4. The second-order valence-electron chi connectivity index (χ2n) is 5.50. The molecule has 2 unspecified atom stereocenters. The zero-order valence-electron chi connectivity index (χ0n) is 12.5. The first kappa shape index (κ1) is 17.7. The first-order valence-electron chi connectivity index (χ1n) is 7.21. The molecule has 116 valence electrons. The normalized spacial score (nSPS) is 21.0. The van der Waals surface area contributed by atoms with Crippen LogP contribution in [0.1, 0.15) is 47.4 Å². The number of nitrogens with zero attached hydrogens (tertiary/aromatic N) is 1. The molecule has 2 atom stereocenters. The van der Waals surface area contributed by atoms with Crippen LogP contribution in [-0.4, -0.2) is 35.7 Å². The lowest BCUT2D eigenvalue weighted by molar-refractivity contribution is 0.0743. The Labute approximate surface area is 132 Å². The Bertz CT molecular complexity index is 502. The van der Waals surface area contributed by atoms with E-state index >= 15 is 0 Å². The van der Waals surface area contributed by atoms with Crippen LogP contribution in [0.3, 0.4) is 0 Å². The van der Waals surface area contributed by atoms with Gasteiger partial charge in [-0.15, -0.1) is 12.4 Å². The zero-order chi connectivity index (χ0) is 14.7. The van der Waals surface area contributed by atoms with Crippen LogP contribution in [-0.2, 0) is 0 Å². The van der Waals surface area contributed by atoms with Crippen molar-refractivity contribution in [2.24, 2.45) is 11.7 Å². The smallest absolute Gasteiger partial charge is 0.254 e. The number of hydrogen-bond acceptors (Lipinski definition) is 3. The number of benzene rings is 1. The van der Waals surface area contributed by atoms with Crippen LogP contribution in [0.2, 0.25) is 0 Å². The van der Waals surface area contributed by atoms with Gasteiger partial charge in [0.25, 0.3) is 5.91 Å². The molecule has 1 heterocycles. The molecule has 1 fully saturated rings. The van der Waals surface area contributed by atoms with Crippen molar-refractivity contribution in [2.45, 2.75) is 32.7 Å². The van der Waals surface area contributed by atoms with E-state index in [-0.39, 0.29) is 30.1 Å². The lowest BCUT2D eigenvalue weighted by Gasteiger charge is -2.21. The minimum Gasteiger partial charge on any atom is -0.336 e. The number of halogens is 1. The van der Waals surface area contributed by atoms with Gasteiger partial charge >= 0.3 is 0 Å². The van der Waals surface area contributed by atoms with Gasteiger partial charge in [-0.1, -0.05) is 19.1 Å². The van der Waals surface area contributed by atoms with Crippen molar-refractivity contribution in [2.75, 3.05) is 13.1 Å². The Morgan fingerprint density at radius 3 is 2.29 bits per heavy atom. The molecule has 2 rings (SSSR count). The molecule has 2 N–H and O–H groups in total. The highest BCUT2D eigenvalue weighted by Crippen LogP contribution is 2.24. The quantitative estimate of drug-likeness (QED) is 0.869. The molecule has 0 spiro atoms. The second-order valence-corrected chi connectivity index (χ2v) is 5.50. The van der Waals surface area contributed by atoms with Crippen molar-refractivity contribution in [3.05, 3.63) is 35.4 Å². The molecule has 4 nitrogen and oxygen atoms in total. The third-order valence-corrected chi connectivity index (χ3v) is 4.03. The molecule has 1 aromatic rings. The highest BCUT2D eigenvalue weighted by molar-refractivity contribution is 5.98. The average Bonchev–Trinajstić information content (AvgIpc) is 2.87. The second kappa shape index (κ2) is 7.57. The number of carbonyl (C=O) groups excluding carboxylic acids is 2. The van der Waals surface area contributed by atoms with Crippen LogP contribution in [0.4, 0.5) is 0 Å². The molecular weight excluding hydrogens is 288 g/mol. The molecule has 1 aliphatic rings. The molecule has 0 bridgehead atoms. The lowest BCUT2D eigenvalue weighted by atomic mass is 10.1. The summed E-state index contributed by atoms with van der Waals surface area (Å²) in [5, 5.41) is 0. The maximum Gasteiger partial charge on any atom is 0.254 e. The van der Waals surface area contributed by atoms with E-state index in [1.165, 1.54) is 0 Å². The summed E-state index contributed by atoms with van der Waals surface area (Å²) in [4.78, 5) is 25.9. The van der Waals surface area contributed by atoms with Gasteiger partial charge < -0.3 is 10.6 Å². The maximum atomic E-state index is 12.5. The maximum absolute atomic E-state index is 12.5. The highest BCUT2D eigenvalue weighted by atomic mass is 35.5. The van der Waals surface area contributed by atoms with Crippen molar-refractivity contribution in [3.63, 3.8) is 0 Å². The van der Waals surface area contributed by atoms with Gasteiger partial charge in [-0.25, -0.2) is 0 Å². The van der Waals surface area contributed by atoms with Gasteiger partial charge in [0.2, 0.25) is 0 Å². The molecule has 0 aromatic heterocycles. The summed E-state index contributed by atoms with van der Waals surface area (Å²) in [5.41, 5.74) is 7.00. The topological polar surface area (TPSA) is 63.4 Å². The summed E-state index contributed by atoms with van der Waals surface area (Å²) < 4.78 is 0. The van der Waals surface area contributed by atoms with Crippen LogP contribution in [0, 0.1) is 5.92 Å². The van der Waals surface area contributed by atoms with Crippen molar-refractivity contribution in [1.82, 2.24) is 4.90 Å². The largest absolute Gasteiger partial charge is 0.336 e. The number of likely N-dealkylation sites (tertiary alicyclic amines) is 1. The molecule has 1 saturated heterocycles. The van der Waals surface area contributed by atoms with E-state index in [4.69, 9.17) is 5.73 Å². The van der Waals surface area contributed by atoms with Gasteiger partial charge in [0.15, 0.2) is 5.78 Å². The highest BCUT2D eigenvalue weighted by Gasteiger charge is 2.31. The Hall–Kier alpha value is -1.39. The van der Waals surface area contributed by atoms with Gasteiger partial charge in [-0.3, -0.25) is 9.59 Å². The van der Waals surface area contributed by atoms with E-state index in [9.17, 15) is 9.59 Å². The van der Waals surface area contributed by atoms with Gasteiger partial charge in [-0.2, -0.15) is 0 Å². The van der Waals surface area contributed by atoms with Gasteiger partial charge in [0, 0.05) is 30.1 Å². The summed E-state index contributed by atoms with van der Waals surface area (Å²) in [6, 6.07) is 7.19. The summed E-state index contributed by atoms with van der Waals surface area (Å²) in [5.74, 6) is 0.528. The fourth-order valence-corrected chi connectivity index (χ4v) is 2.76. The lowest BCUT2D eigenvalue weighted by Crippen LogP contribution is -2.34. The first-order chi connectivity index (χ1) is 9.56. The number of carbonyl (C=O) groups is 2. The van der Waals surface area contributed by atoms with Crippen LogP contribution in [0.15, 0.2) is 24.3 Å². The predicted octanol–water partition coefficient (Wildman–Crippen LogP) is 2.51. The third kappa shape index (κ3) is 3.83. The Kier molecular flexibility index (Phi) is 6.37. The number of nitrogens with two attached hydrogens (primary N) is 1. The SMILES string of the molecule is CCC(=O)c1ccc(C(=O)N2CC(CN)CC2C)cc1.Cl. The summed E-state index contributed by atoms with van der Waals surface area (Å²) >= 11 is 0. The van der Waals surface area contributed by atoms with Crippen molar-refractivity contribution in [1.29, 1.82) is 0 Å². The molecule has 21 heavy (non-hydrogen) atoms. The fraction of sp³-hybridized carbons (Fsp3) is 0.500. The Balaban J connectivity index is 0.00000220. The van der Waals surface area contributed by atoms with Crippen LogP contribution < -0.4 is 5.73 Å². The average molecular weight is 311 g/mol. The van der Waals surface area contributed by atoms with E-state index in [1.54, 1.807) is 24.3 Å². The van der Waals surface area contributed by atoms with E-state index in [0.29, 0.717) is 30.0 Å². The summed E-state index contributed by atoms with van der Waals surface area (Å²) in [6.45, 7) is 5.24. The number of ketones is 1. The van der Waals surface area contributed by atoms with Crippen molar-refractivity contribution < 1.29 is 9.59 Å². The van der Waals surface area contributed by atoms with E-state index in [0.717, 1.165) is 13.0 Å². The Morgan fingerprint density at radius 2 is 1.81 bits per heavy atom. The minimum absolute atomic E-state index is 0. The molecule has 0 saturated carbocycles. The molecule has 5 heteroatoms. The van der Waals surface area contributed by atoms with Crippen LogP contribution in [0.5, 0.6) is 0 Å². The molecule has 0 aliphatic carbocycles. The van der Waals surface area contributed by atoms with Crippen molar-refractivity contribution in [3.8, 4) is 0 Å². The van der Waals surface area contributed by atoms with E-state index < -0.39 is 0 Å². The van der Waals surface area contributed by atoms with E-state index in [2.05, 4.69) is 6.92 Å².